The van der Waals surface area contributed by atoms with Crippen LogP contribution in [0.1, 0.15) is 40.0 Å². The van der Waals surface area contributed by atoms with Gasteiger partial charge in [0.05, 0.1) is 5.75 Å². The average molecular weight is 198 g/mol. The molecule has 0 aliphatic rings. The fourth-order valence-electron chi connectivity index (χ4n) is 0.757. The molecule has 0 aromatic heterocycles. The highest BCUT2D eigenvalue weighted by Gasteiger charge is 2.12. The van der Waals surface area contributed by atoms with Gasteiger partial charge in [-0.1, -0.05) is 20.8 Å². The monoisotopic (exact) mass is 198 g/mol. The van der Waals surface area contributed by atoms with Gasteiger partial charge in [0.15, 0.2) is 0 Å². The molecule has 0 heterocycles. The van der Waals surface area contributed by atoms with Crippen LogP contribution in [-0.2, 0) is 4.79 Å². The number of terminal acetylenes is 1. The van der Waals surface area contributed by atoms with E-state index < -0.39 is 0 Å². The quantitative estimate of drug-likeness (QED) is 0.499. The molecule has 0 aliphatic heterocycles. The van der Waals surface area contributed by atoms with Crippen LogP contribution in [0.5, 0.6) is 0 Å². The molecule has 0 radical (unpaired) electrons. The van der Waals surface area contributed by atoms with Crippen molar-refractivity contribution in [2.45, 2.75) is 44.8 Å². The summed E-state index contributed by atoms with van der Waals surface area (Å²) >= 11 is 1.70. The summed E-state index contributed by atoms with van der Waals surface area (Å²) in [5.41, 5.74) is 0. The van der Waals surface area contributed by atoms with Crippen molar-refractivity contribution >= 4 is 17.5 Å². The van der Waals surface area contributed by atoms with Gasteiger partial charge in [0.25, 0.3) is 0 Å². The molecule has 0 spiro atoms. The van der Waals surface area contributed by atoms with Crippen LogP contribution in [0.25, 0.3) is 0 Å². The van der Waals surface area contributed by atoms with Gasteiger partial charge in [-0.05, 0) is 6.42 Å². The number of hydrogen-bond donors (Lipinski definition) is 0. The van der Waals surface area contributed by atoms with E-state index >= 15 is 0 Å². The molecular weight excluding hydrogens is 180 g/mol. The first-order valence-electron chi connectivity index (χ1n) is 4.55. The third-order valence-electron chi connectivity index (χ3n) is 1.44. The van der Waals surface area contributed by atoms with Crippen LogP contribution in [0.3, 0.4) is 0 Å². The zero-order valence-electron chi connectivity index (χ0n) is 8.72. The van der Waals surface area contributed by atoms with Crippen LogP contribution in [0.15, 0.2) is 0 Å². The summed E-state index contributed by atoms with van der Waals surface area (Å²) in [5.74, 6) is 3.47. The molecule has 13 heavy (non-hydrogen) atoms. The topological polar surface area (TPSA) is 17.1 Å². The van der Waals surface area contributed by atoms with Gasteiger partial charge in [0.1, 0.15) is 5.78 Å². The lowest BCUT2D eigenvalue weighted by Crippen LogP contribution is -2.12. The molecule has 0 saturated carbocycles. The second-order valence-corrected chi connectivity index (χ2v) is 5.80. The molecule has 0 unspecified atom stereocenters. The molecule has 0 aromatic rings. The van der Waals surface area contributed by atoms with Crippen molar-refractivity contribution in [2.75, 3.05) is 5.75 Å². The normalized spacial score (nSPS) is 10.9. The lowest BCUT2D eigenvalue weighted by molar-refractivity contribution is -0.116. The molecule has 74 valence electrons. The minimum absolute atomic E-state index is 0.182. The molecule has 1 nitrogen and oxygen atoms in total. The van der Waals surface area contributed by atoms with Gasteiger partial charge >= 0.3 is 0 Å². The van der Waals surface area contributed by atoms with E-state index in [1.807, 2.05) is 0 Å². The molecule has 0 saturated heterocycles. The minimum Gasteiger partial charge on any atom is -0.299 e. The summed E-state index contributed by atoms with van der Waals surface area (Å²) in [6.07, 6.45) is 7.27. The second-order valence-electron chi connectivity index (χ2n) is 4.00. The molecule has 0 aliphatic carbocycles. The van der Waals surface area contributed by atoms with Gasteiger partial charge in [0, 0.05) is 17.6 Å². The standard InChI is InChI=1S/C11H18OS/c1-5-6-7-8-10(12)9-13-11(2,3)4/h1H,6-9H2,2-4H3. The number of carbonyl (C=O) groups is 1. The number of carbonyl (C=O) groups excluding carboxylic acids is 1. The number of unbranched alkanes of at least 4 members (excludes halogenated alkanes) is 1. The largest absolute Gasteiger partial charge is 0.299 e. The van der Waals surface area contributed by atoms with Gasteiger partial charge in [-0.3, -0.25) is 4.79 Å². The fraction of sp³-hybridized carbons (Fsp3) is 0.727. The number of rotatable bonds is 5. The van der Waals surface area contributed by atoms with Crippen molar-refractivity contribution in [1.29, 1.82) is 0 Å². The number of thioether (sulfide) groups is 1. The summed E-state index contributed by atoms with van der Waals surface area (Å²) in [6, 6.07) is 0. The summed E-state index contributed by atoms with van der Waals surface area (Å²) in [4.78, 5) is 11.3. The third kappa shape index (κ3) is 9.49. The zero-order valence-corrected chi connectivity index (χ0v) is 9.54. The number of hydrogen-bond acceptors (Lipinski definition) is 2. The average Bonchev–Trinajstić information content (AvgIpc) is 2.00. The first-order valence-corrected chi connectivity index (χ1v) is 5.53. The van der Waals surface area contributed by atoms with Gasteiger partial charge in [0.2, 0.25) is 0 Å². The Balaban J connectivity index is 3.48. The maximum absolute atomic E-state index is 11.3. The van der Waals surface area contributed by atoms with Gasteiger partial charge < -0.3 is 0 Å². The van der Waals surface area contributed by atoms with E-state index in [9.17, 15) is 4.79 Å². The smallest absolute Gasteiger partial charge is 0.142 e. The van der Waals surface area contributed by atoms with Crippen LogP contribution in [0.4, 0.5) is 0 Å². The number of ketones is 1. The maximum atomic E-state index is 11.3. The Bertz CT molecular complexity index is 195. The molecule has 0 rings (SSSR count). The van der Waals surface area contributed by atoms with E-state index in [0.29, 0.717) is 24.4 Å². The Hall–Kier alpha value is -0.420. The van der Waals surface area contributed by atoms with E-state index in [1.54, 1.807) is 11.8 Å². The SMILES string of the molecule is C#CCCCC(=O)CSC(C)(C)C. The first-order chi connectivity index (χ1) is 5.95. The zero-order chi connectivity index (χ0) is 10.3. The molecule has 0 amide bonds. The van der Waals surface area contributed by atoms with Crippen LogP contribution >= 0.6 is 11.8 Å². The van der Waals surface area contributed by atoms with Crippen molar-refractivity contribution in [3.05, 3.63) is 0 Å². The molecule has 0 bridgehead atoms. The van der Waals surface area contributed by atoms with E-state index in [4.69, 9.17) is 6.42 Å². The molecule has 0 fully saturated rings. The fourth-order valence-corrected chi connectivity index (χ4v) is 1.50. The van der Waals surface area contributed by atoms with Crippen molar-refractivity contribution < 1.29 is 4.79 Å². The Labute approximate surface area is 85.7 Å². The number of Topliss-reactive ketones (excluding diaryl/α,β-unsaturated/α-hetero) is 1. The van der Waals surface area contributed by atoms with Crippen molar-refractivity contribution in [1.82, 2.24) is 0 Å². The van der Waals surface area contributed by atoms with Gasteiger partial charge in [-0.15, -0.1) is 24.1 Å². The summed E-state index contributed by atoms with van der Waals surface area (Å²) in [7, 11) is 0. The lowest BCUT2D eigenvalue weighted by Gasteiger charge is -2.16. The van der Waals surface area contributed by atoms with Crippen LogP contribution in [0, 0.1) is 12.3 Å². The minimum atomic E-state index is 0.182. The first kappa shape index (κ1) is 12.6. The molecule has 2 heteroatoms. The van der Waals surface area contributed by atoms with Crippen molar-refractivity contribution in [3.8, 4) is 12.3 Å². The van der Waals surface area contributed by atoms with E-state index in [2.05, 4.69) is 26.7 Å². The molecule has 0 atom stereocenters. The highest BCUT2D eigenvalue weighted by atomic mass is 32.2. The van der Waals surface area contributed by atoms with E-state index in [-0.39, 0.29) is 4.75 Å². The van der Waals surface area contributed by atoms with Crippen LogP contribution < -0.4 is 0 Å². The maximum Gasteiger partial charge on any atom is 0.142 e. The second kappa shape index (κ2) is 6.10. The van der Waals surface area contributed by atoms with Gasteiger partial charge in [-0.25, -0.2) is 0 Å². The van der Waals surface area contributed by atoms with Crippen LogP contribution in [-0.4, -0.2) is 16.3 Å². The predicted octanol–water partition coefficient (Wildman–Crippen LogP) is 2.89. The third-order valence-corrected chi connectivity index (χ3v) is 2.78. The summed E-state index contributed by atoms with van der Waals surface area (Å²) in [5, 5.41) is 0. The van der Waals surface area contributed by atoms with Crippen LogP contribution in [0.2, 0.25) is 0 Å². The van der Waals surface area contributed by atoms with Gasteiger partial charge in [-0.2, -0.15) is 0 Å². The Kier molecular flexibility index (Phi) is 5.90. The van der Waals surface area contributed by atoms with E-state index in [0.717, 1.165) is 6.42 Å². The van der Waals surface area contributed by atoms with Crippen molar-refractivity contribution in [3.63, 3.8) is 0 Å². The Morgan fingerprint density at radius 2 is 2.08 bits per heavy atom. The molecular formula is C11H18OS. The van der Waals surface area contributed by atoms with E-state index in [1.165, 1.54) is 0 Å². The lowest BCUT2D eigenvalue weighted by atomic mass is 10.2. The Morgan fingerprint density at radius 3 is 2.54 bits per heavy atom. The summed E-state index contributed by atoms with van der Waals surface area (Å²) in [6.45, 7) is 6.35. The highest BCUT2D eigenvalue weighted by Crippen LogP contribution is 2.23. The molecule has 0 N–H and O–H groups in total. The Morgan fingerprint density at radius 1 is 1.46 bits per heavy atom. The summed E-state index contributed by atoms with van der Waals surface area (Å²) < 4.78 is 0.182. The predicted molar refractivity (Wildman–Crippen MR) is 59.9 cm³/mol. The molecule has 0 aromatic carbocycles. The highest BCUT2D eigenvalue weighted by molar-refractivity contribution is 8.01. The van der Waals surface area contributed by atoms with Crippen molar-refractivity contribution in [2.24, 2.45) is 0 Å².